The monoisotopic (exact) mass is 347 g/mol. The second-order valence-corrected chi connectivity index (χ2v) is 7.55. The summed E-state index contributed by atoms with van der Waals surface area (Å²) in [5.74, 6) is -0.963. The molecular weight excluding hydrogens is 330 g/mol. The molecule has 0 fully saturated rings. The maximum Gasteiger partial charge on any atom is 0.346 e. The summed E-state index contributed by atoms with van der Waals surface area (Å²) >= 11 is 0. The summed E-state index contributed by atoms with van der Waals surface area (Å²) in [5, 5.41) is 9.26. The van der Waals surface area contributed by atoms with Crippen molar-refractivity contribution >= 4 is 21.7 Å². The van der Waals surface area contributed by atoms with Gasteiger partial charge >= 0.3 is 5.97 Å². The molecule has 0 amide bonds. The van der Waals surface area contributed by atoms with E-state index in [-0.39, 0.29) is 17.2 Å². The van der Waals surface area contributed by atoms with Crippen LogP contribution in [0.2, 0.25) is 0 Å². The van der Waals surface area contributed by atoms with Crippen molar-refractivity contribution in [3.05, 3.63) is 53.6 Å². The van der Waals surface area contributed by atoms with Crippen molar-refractivity contribution in [3.8, 4) is 5.75 Å². The zero-order valence-corrected chi connectivity index (χ0v) is 14.1. The number of para-hydroxylation sites is 2. The molecule has 1 aliphatic rings. The molecule has 3 rings (SSSR count). The third-order valence-corrected chi connectivity index (χ3v) is 5.85. The first-order chi connectivity index (χ1) is 11.3. The quantitative estimate of drug-likeness (QED) is 0.921. The standard InChI is InChI=1S/C17H17NO5S/c1-11-7-8-16(12(2)9-11)24(21,22)18-10-15(17(19)20)23-14-6-4-3-5-13(14)18/h3-9,15H,10H2,1-2H3,(H,19,20)/t15-/m1/s1. The number of anilines is 1. The Kier molecular flexibility index (Phi) is 3.96. The summed E-state index contributed by atoms with van der Waals surface area (Å²) < 4.78 is 32.8. The molecular formula is C17H17NO5S. The maximum atomic E-state index is 13.1. The van der Waals surface area contributed by atoms with E-state index in [0.717, 1.165) is 9.87 Å². The molecule has 7 heteroatoms. The highest BCUT2D eigenvalue weighted by Crippen LogP contribution is 2.37. The predicted octanol–water partition coefficient (Wildman–Crippen LogP) is 2.34. The van der Waals surface area contributed by atoms with Crippen LogP contribution >= 0.6 is 0 Å². The Labute approximate surface area is 140 Å². The van der Waals surface area contributed by atoms with Crippen LogP contribution in [0, 0.1) is 13.8 Å². The molecule has 1 aliphatic heterocycles. The largest absolute Gasteiger partial charge is 0.478 e. The van der Waals surface area contributed by atoms with E-state index in [1.807, 2.05) is 6.92 Å². The van der Waals surface area contributed by atoms with Crippen LogP contribution in [0.4, 0.5) is 5.69 Å². The molecule has 1 N–H and O–H groups in total. The minimum absolute atomic E-state index is 0.161. The minimum Gasteiger partial charge on any atom is -0.478 e. The number of hydrogen-bond acceptors (Lipinski definition) is 4. The number of carboxylic acids is 1. The third-order valence-electron chi connectivity index (χ3n) is 3.91. The molecule has 1 atom stereocenters. The lowest BCUT2D eigenvalue weighted by Crippen LogP contribution is -2.47. The number of nitrogens with zero attached hydrogens (tertiary/aromatic N) is 1. The molecule has 0 aliphatic carbocycles. The number of rotatable bonds is 3. The molecule has 0 radical (unpaired) electrons. The van der Waals surface area contributed by atoms with E-state index < -0.39 is 22.1 Å². The number of aryl methyl sites for hydroxylation is 2. The summed E-state index contributed by atoms with van der Waals surface area (Å²) in [6.45, 7) is 3.33. The molecule has 1 heterocycles. The van der Waals surface area contributed by atoms with Crippen LogP contribution in [-0.2, 0) is 14.8 Å². The second-order valence-electron chi connectivity index (χ2n) is 5.72. The maximum absolute atomic E-state index is 13.1. The number of hydrogen-bond donors (Lipinski definition) is 1. The van der Waals surface area contributed by atoms with Crippen molar-refractivity contribution in [2.45, 2.75) is 24.8 Å². The highest BCUT2D eigenvalue weighted by molar-refractivity contribution is 7.92. The Morgan fingerprint density at radius 3 is 2.58 bits per heavy atom. The zero-order valence-electron chi connectivity index (χ0n) is 13.3. The van der Waals surface area contributed by atoms with Crippen molar-refractivity contribution in [2.24, 2.45) is 0 Å². The van der Waals surface area contributed by atoms with Gasteiger partial charge in [0.1, 0.15) is 5.75 Å². The van der Waals surface area contributed by atoms with E-state index >= 15 is 0 Å². The molecule has 126 valence electrons. The highest BCUT2D eigenvalue weighted by Gasteiger charge is 2.37. The Morgan fingerprint density at radius 1 is 1.21 bits per heavy atom. The minimum atomic E-state index is -3.90. The zero-order chi connectivity index (χ0) is 17.5. The van der Waals surface area contributed by atoms with Gasteiger partial charge < -0.3 is 9.84 Å². The average Bonchev–Trinajstić information content (AvgIpc) is 2.53. The van der Waals surface area contributed by atoms with Gasteiger partial charge in [0.15, 0.2) is 0 Å². The third kappa shape index (κ3) is 2.71. The summed E-state index contributed by atoms with van der Waals surface area (Å²) in [6.07, 6.45) is -1.25. The number of ether oxygens (including phenoxy) is 1. The number of aliphatic carboxylic acids is 1. The normalized spacial score (nSPS) is 17.1. The van der Waals surface area contributed by atoms with Crippen LogP contribution < -0.4 is 9.04 Å². The molecule has 0 saturated carbocycles. The van der Waals surface area contributed by atoms with Gasteiger partial charge in [-0.05, 0) is 37.6 Å². The summed E-state index contributed by atoms with van der Waals surface area (Å²) in [5.41, 5.74) is 1.91. The van der Waals surface area contributed by atoms with Gasteiger partial charge in [0.25, 0.3) is 10.0 Å². The molecule has 0 spiro atoms. The van der Waals surface area contributed by atoms with Crippen LogP contribution in [-0.4, -0.2) is 32.1 Å². The number of carbonyl (C=O) groups is 1. The molecule has 2 aromatic carbocycles. The average molecular weight is 347 g/mol. The van der Waals surface area contributed by atoms with Crippen LogP contribution in [0.25, 0.3) is 0 Å². The predicted molar refractivity (Wildman–Crippen MR) is 88.9 cm³/mol. The first kappa shape index (κ1) is 16.3. The van der Waals surface area contributed by atoms with Crippen molar-refractivity contribution < 1.29 is 23.1 Å². The molecule has 6 nitrogen and oxygen atoms in total. The molecule has 2 aromatic rings. The Balaban J connectivity index is 2.14. The fraction of sp³-hybridized carbons (Fsp3) is 0.235. The number of carboxylic acid groups (broad SMARTS) is 1. The van der Waals surface area contributed by atoms with Crippen LogP contribution in [0.3, 0.4) is 0 Å². The lowest BCUT2D eigenvalue weighted by atomic mass is 10.2. The van der Waals surface area contributed by atoms with Crippen molar-refractivity contribution in [3.63, 3.8) is 0 Å². The second kappa shape index (κ2) is 5.83. The van der Waals surface area contributed by atoms with Gasteiger partial charge in [0, 0.05) is 0 Å². The lowest BCUT2D eigenvalue weighted by molar-refractivity contribution is -0.144. The fourth-order valence-electron chi connectivity index (χ4n) is 2.77. The van der Waals surface area contributed by atoms with E-state index in [2.05, 4.69) is 0 Å². The van der Waals surface area contributed by atoms with Crippen LogP contribution in [0.15, 0.2) is 47.4 Å². The van der Waals surface area contributed by atoms with E-state index in [9.17, 15) is 18.3 Å². The fourth-order valence-corrected chi connectivity index (χ4v) is 4.45. The Morgan fingerprint density at radius 2 is 1.92 bits per heavy atom. The molecule has 0 saturated heterocycles. The van der Waals surface area contributed by atoms with Crippen LogP contribution in [0.5, 0.6) is 5.75 Å². The molecule has 24 heavy (non-hydrogen) atoms. The summed E-state index contributed by atoms with van der Waals surface area (Å²) in [7, 11) is -3.90. The van der Waals surface area contributed by atoms with Crippen LogP contribution in [0.1, 0.15) is 11.1 Å². The molecule has 0 unspecified atom stereocenters. The topological polar surface area (TPSA) is 83.9 Å². The van der Waals surface area contributed by atoms with Gasteiger partial charge in [0.2, 0.25) is 6.10 Å². The van der Waals surface area contributed by atoms with E-state index in [1.54, 1.807) is 49.4 Å². The van der Waals surface area contributed by atoms with Gasteiger partial charge in [-0.25, -0.2) is 13.2 Å². The number of fused-ring (bicyclic) bond motifs is 1. The molecule has 0 aromatic heterocycles. The Hall–Kier alpha value is -2.54. The van der Waals surface area contributed by atoms with E-state index in [0.29, 0.717) is 11.3 Å². The van der Waals surface area contributed by atoms with Gasteiger partial charge in [-0.3, -0.25) is 4.31 Å². The summed E-state index contributed by atoms with van der Waals surface area (Å²) in [6, 6.07) is 11.6. The first-order valence-electron chi connectivity index (χ1n) is 7.39. The molecule has 0 bridgehead atoms. The van der Waals surface area contributed by atoms with Crippen molar-refractivity contribution in [1.29, 1.82) is 0 Å². The van der Waals surface area contributed by atoms with Crippen molar-refractivity contribution in [1.82, 2.24) is 0 Å². The summed E-state index contributed by atoms with van der Waals surface area (Å²) in [4.78, 5) is 11.5. The SMILES string of the molecule is Cc1ccc(S(=O)(=O)N2C[C@H](C(=O)O)Oc3ccccc32)c(C)c1. The van der Waals surface area contributed by atoms with Gasteiger partial charge in [0.05, 0.1) is 17.1 Å². The number of sulfonamides is 1. The lowest BCUT2D eigenvalue weighted by Gasteiger charge is -2.34. The van der Waals surface area contributed by atoms with E-state index in [1.165, 1.54) is 0 Å². The Bertz CT molecular complexity index is 907. The first-order valence-corrected chi connectivity index (χ1v) is 8.83. The smallest absolute Gasteiger partial charge is 0.346 e. The van der Waals surface area contributed by atoms with Crippen molar-refractivity contribution in [2.75, 3.05) is 10.8 Å². The number of benzene rings is 2. The highest BCUT2D eigenvalue weighted by atomic mass is 32.2. The van der Waals surface area contributed by atoms with Gasteiger partial charge in [-0.15, -0.1) is 0 Å². The van der Waals surface area contributed by atoms with Gasteiger partial charge in [-0.2, -0.15) is 0 Å². The van der Waals surface area contributed by atoms with E-state index in [4.69, 9.17) is 4.74 Å². The van der Waals surface area contributed by atoms with Gasteiger partial charge in [-0.1, -0.05) is 29.8 Å².